The zero-order valence-electron chi connectivity index (χ0n) is 8.93. The summed E-state index contributed by atoms with van der Waals surface area (Å²) in [4.78, 5) is 6.16. The van der Waals surface area contributed by atoms with E-state index in [-0.39, 0.29) is 6.10 Å². The average molecular weight is 207 g/mol. The lowest BCUT2D eigenvalue weighted by molar-refractivity contribution is 0.103. The van der Waals surface area contributed by atoms with Crippen LogP contribution in [0, 0.1) is 5.92 Å². The first kappa shape index (κ1) is 10.2. The molecule has 0 bridgehead atoms. The molecule has 1 aromatic heterocycles. The van der Waals surface area contributed by atoms with Crippen LogP contribution < -0.4 is 10.6 Å². The molecule has 0 aliphatic carbocycles. The van der Waals surface area contributed by atoms with Gasteiger partial charge in [0, 0.05) is 19.3 Å². The van der Waals surface area contributed by atoms with Gasteiger partial charge in [-0.15, -0.1) is 0 Å². The molecule has 2 heterocycles. The molecule has 1 aromatic rings. The number of aliphatic hydroxyl groups excluding tert-OH is 1. The molecule has 1 saturated heterocycles. The van der Waals surface area contributed by atoms with E-state index < -0.39 is 0 Å². The fourth-order valence-electron chi connectivity index (χ4n) is 1.94. The van der Waals surface area contributed by atoms with Gasteiger partial charge in [-0.25, -0.2) is 4.98 Å². The standard InChI is InChI=1S/C11H17N3O/c1-8-4-6-14(7-10(8)15)9-3-2-5-13-11(9)12/h2-3,5,8,10,15H,4,6-7H2,1H3,(H2,12,13). The summed E-state index contributed by atoms with van der Waals surface area (Å²) >= 11 is 0. The number of anilines is 2. The molecule has 0 spiro atoms. The van der Waals surface area contributed by atoms with Crippen LogP contribution in [0.1, 0.15) is 13.3 Å². The van der Waals surface area contributed by atoms with Crippen molar-refractivity contribution in [2.24, 2.45) is 5.92 Å². The van der Waals surface area contributed by atoms with Gasteiger partial charge in [0.15, 0.2) is 0 Å². The van der Waals surface area contributed by atoms with Crippen LogP contribution in [0.5, 0.6) is 0 Å². The van der Waals surface area contributed by atoms with Crippen LogP contribution >= 0.6 is 0 Å². The summed E-state index contributed by atoms with van der Waals surface area (Å²) in [6, 6.07) is 3.82. The Bertz CT molecular complexity index is 342. The van der Waals surface area contributed by atoms with E-state index in [0.29, 0.717) is 18.3 Å². The monoisotopic (exact) mass is 207 g/mol. The second-order valence-electron chi connectivity index (χ2n) is 4.19. The molecule has 15 heavy (non-hydrogen) atoms. The van der Waals surface area contributed by atoms with Crippen molar-refractivity contribution in [1.82, 2.24) is 4.98 Å². The van der Waals surface area contributed by atoms with E-state index in [4.69, 9.17) is 5.73 Å². The first-order chi connectivity index (χ1) is 7.18. The molecule has 4 nitrogen and oxygen atoms in total. The average Bonchev–Trinajstić information content (AvgIpc) is 2.23. The van der Waals surface area contributed by atoms with Gasteiger partial charge in [0.05, 0.1) is 11.8 Å². The van der Waals surface area contributed by atoms with E-state index in [0.717, 1.165) is 18.7 Å². The molecular formula is C11H17N3O. The minimum absolute atomic E-state index is 0.265. The van der Waals surface area contributed by atoms with Gasteiger partial charge in [-0.05, 0) is 24.5 Å². The maximum absolute atomic E-state index is 9.80. The number of nitrogen functional groups attached to an aromatic ring is 1. The van der Waals surface area contributed by atoms with Crippen molar-refractivity contribution < 1.29 is 5.11 Å². The van der Waals surface area contributed by atoms with E-state index in [9.17, 15) is 5.11 Å². The van der Waals surface area contributed by atoms with Crippen LogP contribution in [-0.2, 0) is 0 Å². The number of aliphatic hydroxyl groups is 1. The van der Waals surface area contributed by atoms with E-state index in [1.54, 1.807) is 6.20 Å². The number of piperidine rings is 1. The summed E-state index contributed by atoms with van der Waals surface area (Å²) in [6.45, 7) is 3.67. The zero-order chi connectivity index (χ0) is 10.8. The molecule has 0 aromatic carbocycles. The number of aromatic nitrogens is 1. The third-order valence-corrected chi connectivity index (χ3v) is 3.08. The van der Waals surface area contributed by atoms with Crippen molar-refractivity contribution in [2.45, 2.75) is 19.4 Å². The molecule has 4 heteroatoms. The quantitative estimate of drug-likeness (QED) is 0.717. The maximum atomic E-state index is 9.80. The molecule has 0 radical (unpaired) electrons. The Balaban J connectivity index is 2.15. The predicted octanol–water partition coefficient (Wildman–Crippen LogP) is 0.871. The smallest absolute Gasteiger partial charge is 0.146 e. The Morgan fingerprint density at radius 1 is 1.60 bits per heavy atom. The number of hydrogen-bond acceptors (Lipinski definition) is 4. The Labute approximate surface area is 89.7 Å². The topological polar surface area (TPSA) is 62.4 Å². The Kier molecular flexibility index (Phi) is 2.77. The third-order valence-electron chi connectivity index (χ3n) is 3.08. The third kappa shape index (κ3) is 2.04. The van der Waals surface area contributed by atoms with Gasteiger partial charge in [-0.2, -0.15) is 0 Å². The van der Waals surface area contributed by atoms with Gasteiger partial charge < -0.3 is 15.7 Å². The van der Waals surface area contributed by atoms with Gasteiger partial charge in [0.1, 0.15) is 5.82 Å². The van der Waals surface area contributed by atoms with Crippen LogP contribution in [-0.4, -0.2) is 29.3 Å². The number of hydrogen-bond donors (Lipinski definition) is 2. The van der Waals surface area contributed by atoms with E-state index in [1.165, 1.54) is 0 Å². The Morgan fingerprint density at radius 3 is 3.07 bits per heavy atom. The summed E-state index contributed by atoms with van der Waals surface area (Å²) in [5.41, 5.74) is 6.73. The van der Waals surface area contributed by atoms with Crippen molar-refractivity contribution in [3.05, 3.63) is 18.3 Å². The zero-order valence-corrected chi connectivity index (χ0v) is 8.93. The lowest BCUT2D eigenvalue weighted by atomic mass is 9.96. The molecule has 1 aliphatic rings. The fraction of sp³-hybridized carbons (Fsp3) is 0.545. The van der Waals surface area contributed by atoms with Crippen LogP contribution in [0.25, 0.3) is 0 Å². The highest BCUT2D eigenvalue weighted by molar-refractivity contribution is 5.63. The van der Waals surface area contributed by atoms with Crippen molar-refractivity contribution in [1.29, 1.82) is 0 Å². The van der Waals surface area contributed by atoms with Gasteiger partial charge in [-0.3, -0.25) is 0 Å². The predicted molar refractivity (Wildman–Crippen MR) is 60.7 cm³/mol. The van der Waals surface area contributed by atoms with Gasteiger partial charge in [0.25, 0.3) is 0 Å². The van der Waals surface area contributed by atoms with E-state index in [1.807, 2.05) is 12.1 Å². The lowest BCUT2D eigenvalue weighted by Gasteiger charge is -2.36. The number of nitrogens with two attached hydrogens (primary N) is 1. The van der Waals surface area contributed by atoms with Crippen molar-refractivity contribution in [3.8, 4) is 0 Å². The number of nitrogens with zero attached hydrogens (tertiary/aromatic N) is 2. The Hall–Kier alpha value is -1.29. The minimum Gasteiger partial charge on any atom is -0.391 e. The number of pyridine rings is 1. The first-order valence-corrected chi connectivity index (χ1v) is 5.32. The normalized spacial score (nSPS) is 26.7. The summed E-state index contributed by atoms with van der Waals surface area (Å²) in [6.07, 6.45) is 2.41. The molecule has 1 fully saturated rings. The second-order valence-corrected chi connectivity index (χ2v) is 4.19. The summed E-state index contributed by atoms with van der Waals surface area (Å²) in [7, 11) is 0. The summed E-state index contributed by atoms with van der Waals surface area (Å²) in [5, 5.41) is 9.80. The second kappa shape index (κ2) is 4.06. The van der Waals surface area contributed by atoms with Gasteiger partial charge in [0.2, 0.25) is 0 Å². The van der Waals surface area contributed by atoms with Gasteiger partial charge >= 0.3 is 0 Å². The fourth-order valence-corrected chi connectivity index (χ4v) is 1.94. The lowest BCUT2D eigenvalue weighted by Crippen LogP contribution is -2.43. The summed E-state index contributed by atoms with van der Waals surface area (Å²) in [5.74, 6) is 0.915. The van der Waals surface area contributed by atoms with Crippen LogP contribution in [0.4, 0.5) is 11.5 Å². The molecule has 82 valence electrons. The van der Waals surface area contributed by atoms with E-state index in [2.05, 4.69) is 16.8 Å². The number of β-amino-alcohol motifs (C(OH)–C–C–N with tert-alkyl or cyclic N) is 1. The van der Waals surface area contributed by atoms with Crippen LogP contribution in [0.15, 0.2) is 18.3 Å². The first-order valence-electron chi connectivity index (χ1n) is 5.32. The van der Waals surface area contributed by atoms with Crippen LogP contribution in [0.2, 0.25) is 0 Å². The molecule has 2 atom stereocenters. The van der Waals surface area contributed by atoms with Crippen molar-refractivity contribution >= 4 is 11.5 Å². The molecule has 1 aliphatic heterocycles. The molecular weight excluding hydrogens is 190 g/mol. The van der Waals surface area contributed by atoms with Gasteiger partial charge in [-0.1, -0.05) is 6.92 Å². The minimum atomic E-state index is -0.265. The molecule has 0 saturated carbocycles. The highest BCUT2D eigenvalue weighted by Crippen LogP contribution is 2.26. The highest BCUT2D eigenvalue weighted by Gasteiger charge is 2.25. The maximum Gasteiger partial charge on any atom is 0.146 e. The summed E-state index contributed by atoms with van der Waals surface area (Å²) < 4.78 is 0. The van der Waals surface area contributed by atoms with Crippen molar-refractivity contribution in [3.63, 3.8) is 0 Å². The van der Waals surface area contributed by atoms with E-state index >= 15 is 0 Å². The Morgan fingerprint density at radius 2 is 2.40 bits per heavy atom. The van der Waals surface area contributed by atoms with Crippen molar-refractivity contribution in [2.75, 3.05) is 23.7 Å². The number of rotatable bonds is 1. The molecule has 3 N–H and O–H groups in total. The molecule has 2 rings (SSSR count). The highest BCUT2D eigenvalue weighted by atomic mass is 16.3. The molecule has 0 amide bonds. The SMILES string of the molecule is CC1CCN(c2cccnc2N)CC1O. The largest absolute Gasteiger partial charge is 0.391 e. The van der Waals surface area contributed by atoms with Crippen LogP contribution in [0.3, 0.4) is 0 Å². The molecule has 2 unspecified atom stereocenters.